The third-order valence-electron chi connectivity index (χ3n) is 8.42. The monoisotopic (exact) mass is 612 g/mol. The number of ether oxygens (including phenoxy) is 1. The third-order valence-corrected chi connectivity index (χ3v) is 8.42. The number of amides is 1. The number of piperidine rings is 2. The number of carbonyl (C=O) groups is 2. The minimum Gasteiger partial charge on any atom is -0.545 e. The van der Waals surface area contributed by atoms with Crippen molar-refractivity contribution in [3.05, 3.63) is 94.3 Å². The number of halogens is 4. The lowest BCUT2D eigenvalue weighted by Gasteiger charge is -2.34. The maximum absolute atomic E-state index is 14.9. The Morgan fingerprint density at radius 3 is 2.25 bits per heavy atom. The highest BCUT2D eigenvalue weighted by atomic mass is 19.4. The molecule has 0 saturated carbocycles. The molecule has 0 radical (unpaired) electrons. The molecule has 7 nitrogen and oxygen atoms in total. The molecule has 0 spiro atoms. The average molecular weight is 613 g/mol. The van der Waals surface area contributed by atoms with Crippen LogP contribution >= 0.6 is 0 Å². The number of alkyl halides is 3. The second-order valence-corrected chi connectivity index (χ2v) is 11.4. The van der Waals surface area contributed by atoms with Crippen molar-refractivity contribution < 1.29 is 37.0 Å². The molecule has 3 aromatic rings. The molecule has 3 aromatic carbocycles. The van der Waals surface area contributed by atoms with Gasteiger partial charge in [0.25, 0.3) is 5.91 Å². The van der Waals surface area contributed by atoms with Crippen LogP contribution in [0.2, 0.25) is 0 Å². The number of carboxylic acids is 1. The summed E-state index contributed by atoms with van der Waals surface area (Å²) in [5.74, 6) is -2.16. The SMILES string of the molecule is Cc1cccc(C(=O)[O-])c1CN1CCC(NC(=O)c2ccc(OC3CCN(c4ccc(C(F)(F)F)cc4)CC3)c(F)c2)CC1. The Morgan fingerprint density at radius 2 is 1.64 bits per heavy atom. The molecule has 2 aliphatic rings. The number of anilines is 1. The number of hydrogen-bond donors (Lipinski definition) is 1. The zero-order valence-corrected chi connectivity index (χ0v) is 24.3. The highest BCUT2D eigenvalue weighted by Crippen LogP contribution is 2.32. The zero-order chi connectivity index (χ0) is 31.4. The van der Waals surface area contributed by atoms with Crippen LogP contribution in [0.3, 0.4) is 0 Å². The van der Waals surface area contributed by atoms with Gasteiger partial charge in [0.1, 0.15) is 6.10 Å². The molecule has 2 aliphatic heterocycles. The zero-order valence-electron chi connectivity index (χ0n) is 24.3. The van der Waals surface area contributed by atoms with Gasteiger partial charge in [-0.05, 0) is 73.4 Å². The van der Waals surface area contributed by atoms with Crippen molar-refractivity contribution in [2.24, 2.45) is 0 Å². The van der Waals surface area contributed by atoms with Crippen molar-refractivity contribution in [1.82, 2.24) is 10.2 Å². The fourth-order valence-corrected chi connectivity index (χ4v) is 5.84. The summed E-state index contributed by atoms with van der Waals surface area (Å²) < 4.78 is 59.3. The van der Waals surface area contributed by atoms with E-state index < -0.39 is 23.5 Å². The smallest absolute Gasteiger partial charge is 0.416 e. The lowest BCUT2D eigenvalue weighted by molar-refractivity contribution is -0.255. The number of carboxylic acid groups (broad SMARTS) is 1. The lowest BCUT2D eigenvalue weighted by atomic mass is 9.99. The lowest BCUT2D eigenvalue weighted by Crippen LogP contribution is -2.44. The van der Waals surface area contributed by atoms with Crippen LogP contribution in [0.1, 0.15) is 63.1 Å². The van der Waals surface area contributed by atoms with Crippen molar-refractivity contribution >= 4 is 17.6 Å². The van der Waals surface area contributed by atoms with E-state index in [0.717, 1.165) is 29.3 Å². The molecule has 0 atom stereocenters. The Balaban J connectivity index is 1.09. The highest BCUT2D eigenvalue weighted by molar-refractivity contribution is 5.94. The van der Waals surface area contributed by atoms with E-state index in [2.05, 4.69) is 10.2 Å². The molecule has 2 saturated heterocycles. The van der Waals surface area contributed by atoms with Crippen LogP contribution in [-0.4, -0.2) is 55.1 Å². The molecule has 234 valence electrons. The predicted molar refractivity (Wildman–Crippen MR) is 155 cm³/mol. The third kappa shape index (κ3) is 7.50. The summed E-state index contributed by atoms with van der Waals surface area (Å²) >= 11 is 0. The van der Waals surface area contributed by atoms with E-state index in [1.54, 1.807) is 12.1 Å². The summed E-state index contributed by atoms with van der Waals surface area (Å²) in [5.41, 5.74) is 2.01. The first-order valence-electron chi connectivity index (χ1n) is 14.7. The molecule has 0 bridgehead atoms. The van der Waals surface area contributed by atoms with E-state index in [1.165, 1.54) is 24.3 Å². The maximum atomic E-state index is 14.9. The van der Waals surface area contributed by atoms with Gasteiger partial charge >= 0.3 is 6.18 Å². The quantitative estimate of drug-likeness (QED) is 0.362. The van der Waals surface area contributed by atoms with Crippen molar-refractivity contribution in [3.63, 3.8) is 0 Å². The normalized spacial score (nSPS) is 17.0. The van der Waals surface area contributed by atoms with Crippen LogP contribution < -0.4 is 20.1 Å². The molecule has 5 rings (SSSR count). The molecule has 1 N–H and O–H groups in total. The second kappa shape index (κ2) is 13.3. The second-order valence-electron chi connectivity index (χ2n) is 11.4. The Bertz CT molecular complexity index is 1480. The number of aryl methyl sites for hydroxylation is 1. The Labute approximate surface area is 253 Å². The van der Waals surface area contributed by atoms with Crippen LogP contribution in [-0.2, 0) is 12.7 Å². The Morgan fingerprint density at radius 1 is 0.955 bits per heavy atom. The van der Waals surface area contributed by atoms with Crippen LogP contribution in [0.4, 0.5) is 23.2 Å². The maximum Gasteiger partial charge on any atom is 0.416 e. The number of likely N-dealkylation sites (tertiary alicyclic amines) is 1. The predicted octanol–water partition coefficient (Wildman–Crippen LogP) is 4.96. The molecular weight excluding hydrogens is 578 g/mol. The Hall–Kier alpha value is -4.12. The van der Waals surface area contributed by atoms with Gasteiger partial charge in [0.2, 0.25) is 0 Å². The Kier molecular flexibility index (Phi) is 9.43. The van der Waals surface area contributed by atoms with Crippen LogP contribution in [0, 0.1) is 12.7 Å². The summed E-state index contributed by atoms with van der Waals surface area (Å²) in [6.07, 6.45) is -2.16. The molecule has 2 heterocycles. The van der Waals surface area contributed by atoms with Crippen molar-refractivity contribution in [2.75, 3.05) is 31.1 Å². The number of benzene rings is 3. The fraction of sp³-hybridized carbons (Fsp3) is 0.394. The van der Waals surface area contributed by atoms with Crippen molar-refractivity contribution in [3.8, 4) is 5.75 Å². The van der Waals surface area contributed by atoms with E-state index in [4.69, 9.17) is 4.74 Å². The molecule has 0 aliphatic carbocycles. The first-order valence-corrected chi connectivity index (χ1v) is 14.7. The van der Waals surface area contributed by atoms with E-state index >= 15 is 0 Å². The van der Waals surface area contributed by atoms with Gasteiger partial charge in [0, 0.05) is 68.4 Å². The summed E-state index contributed by atoms with van der Waals surface area (Å²) in [5, 5.41) is 14.5. The number of rotatable bonds is 8. The van der Waals surface area contributed by atoms with Crippen LogP contribution in [0.25, 0.3) is 0 Å². The van der Waals surface area contributed by atoms with Gasteiger partial charge in [-0.1, -0.05) is 18.2 Å². The van der Waals surface area contributed by atoms with Gasteiger partial charge in [0.05, 0.1) is 11.5 Å². The first kappa shape index (κ1) is 31.3. The van der Waals surface area contributed by atoms with Crippen LogP contribution in [0.15, 0.2) is 60.7 Å². The number of aromatic carboxylic acids is 1. The molecule has 1 amide bonds. The standard InChI is InChI=1S/C33H35F4N3O4/c1-21-3-2-4-27(32(42)43)28(21)20-39-15-11-24(12-16-39)38-31(41)22-5-10-30(29(34)19-22)44-26-13-17-40(18-14-26)25-8-6-23(7-9-25)33(35,36)37/h2-10,19,24,26H,11-18,20H2,1H3,(H,38,41)(H,42,43)/p-1. The van der Waals surface area contributed by atoms with Gasteiger partial charge < -0.3 is 24.9 Å². The van der Waals surface area contributed by atoms with E-state index in [-0.39, 0.29) is 34.9 Å². The van der Waals surface area contributed by atoms with Crippen LogP contribution in [0.5, 0.6) is 5.75 Å². The largest absolute Gasteiger partial charge is 0.545 e. The van der Waals surface area contributed by atoms with Gasteiger partial charge in [-0.15, -0.1) is 0 Å². The minimum atomic E-state index is -4.38. The number of nitrogens with one attached hydrogen (secondary N) is 1. The molecule has 0 aromatic heterocycles. The number of nitrogens with zero attached hydrogens (tertiary/aromatic N) is 2. The van der Waals surface area contributed by atoms with Crippen molar-refractivity contribution in [2.45, 2.75) is 57.5 Å². The topological polar surface area (TPSA) is 84.9 Å². The fourth-order valence-electron chi connectivity index (χ4n) is 5.84. The van der Waals surface area contributed by atoms with E-state index in [9.17, 15) is 32.3 Å². The molecular formula is C33H34F4N3O4-. The number of carbonyl (C=O) groups excluding carboxylic acids is 2. The molecule has 44 heavy (non-hydrogen) atoms. The minimum absolute atomic E-state index is 0.0509. The van der Waals surface area contributed by atoms with Gasteiger partial charge in [0.15, 0.2) is 11.6 Å². The average Bonchev–Trinajstić information content (AvgIpc) is 3.00. The van der Waals surface area contributed by atoms with Gasteiger partial charge in [-0.25, -0.2) is 4.39 Å². The summed E-state index contributed by atoms with van der Waals surface area (Å²) in [6.45, 7) is 4.81. The number of hydrogen-bond acceptors (Lipinski definition) is 6. The molecule has 0 unspecified atom stereocenters. The molecule has 2 fully saturated rings. The summed E-state index contributed by atoms with van der Waals surface area (Å²) in [7, 11) is 0. The van der Waals surface area contributed by atoms with E-state index in [1.807, 2.05) is 17.9 Å². The van der Waals surface area contributed by atoms with Gasteiger partial charge in [-0.3, -0.25) is 9.69 Å². The first-order chi connectivity index (χ1) is 21.0. The van der Waals surface area contributed by atoms with Crippen molar-refractivity contribution in [1.29, 1.82) is 0 Å². The van der Waals surface area contributed by atoms with Gasteiger partial charge in [-0.2, -0.15) is 13.2 Å². The highest BCUT2D eigenvalue weighted by Gasteiger charge is 2.30. The molecule has 11 heteroatoms. The summed E-state index contributed by atoms with van der Waals surface area (Å²) in [4.78, 5) is 28.5. The summed E-state index contributed by atoms with van der Waals surface area (Å²) in [6, 6.07) is 14.2. The van der Waals surface area contributed by atoms with E-state index in [0.29, 0.717) is 64.1 Å².